The molecule has 2 aromatic carbocycles. The van der Waals surface area contributed by atoms with Crippen LogP contribution in [0.2, 0.25) is 0 Å². The van der Waals surface area contributed by atoms with E-state index in [0.29, 0.717) is 19.7 Å². The lowest BCUT2D eigenvalue weighted by Crippen LogP contribution is -2.49. The molecule has 4 rings (SSSR count). The van der Waals surface area contributed by atoms with Crippen LogP contribution in [0, 0.1) is 5.92 Å². The van der Waals surface area contributed by atoms with Crippen molar-refractivity contribution in [3.8, 4) is 5.75 Å². The number of halogens is 1. The van der Waals surface area contributed by atoms with Crippen LogP contribution in [0.25, 0.3) is 0 Å². The lowest BCUT2D eigenvalue weighted by atomic mass is 9.91. The number of carbonyl (C=O) groups is 2. The molecule has 0 bridgehead atoms. The molecule has 2 atom stereocenters. The van der Waals surface area contributed by atoms with E-state index < -0.39 is 5.92 Å². The Bertz CT molecular complexity index is 854. The van der Waals surface area contributed by atoms with Crippen LogP contribution in [0.4, 0.5) is 5.69 Å². The minimum absolute atomic E-state index is 0. The normalized spacial score (nSPS) is 21.3. The topological polar surface area (TPSA) is 61.9 Å². The van der Waals surface area contributed by atoms with E-state index in [1.807, 2.05) is 66.4 Å². The van der Waals surface area contributed by atoms with Crippen LogP contribution >= 0.6 is 12.4 Å². The third kappa shape index (κ3) is 4.45. The van der Waals surface area contributed by atoms with Crippen LogP contribution in [-0.4, -0.2) is 49.5 Å². The zero-order valence-corrected chi connectivity index (χ0v) is 17.9. The van der Waals surface area contributed by atoms with Gasteiger partial charge in [0.15, 0.2) is 0 Å². The summed E-state index contributed by atoms with van der Waals surface area (Å²) in [6.45, 7) is 5.51. The second-order valence-electron chi connectivity index (χ2n) is 7.43. The molecule has 2 aliphatic heterocycles. The van der Waals surface area contributed by atoms with Crippen molar-refractivity contribution in [2.24, 2.45) is 5.92 Å². The lowest BCUT2D eigenvalue weighted by Gasteiger charge is -2.33. The third-order valence-corrected chi connectivity index (χ3v) is 5.64. The van der Waals surface area contributed by atoms with Crippen LogP contribution in [0.5, 0.6) is 5.75 Å². The van der Waals surface area contributed by atoms with Gasteiger partial charge in [0.1, 0.15) is 5.75 Å². The Morgan fingerprint density at radius 3 is 2.37 bits per heavy atom. The number of hydrogen-bond donors (Lipinski definition) is 1. The zero-order valence-electron chi connectivity index (χ0n) is 17.1. The maximum Gasteiger partial charge on any atom is 0.228 e. The van der Waals surface area contributed by atoms with E-state index in [0.717, 1.165) is 30.1 Å². The first kappa shape index (κ1) is 22.1. The van der Waals surface area contributed by atoms with Crippen LogP contribution < -0.4 is 15.0 Å². The van der Waals surface area contributed by atoms with Crippen molar-refractivity contribution in [3.63, 3.8) is 0 Å². The molecule has 30 heavy (non-hydrogen) atoms. The number of nitrogens with zero attached hydrogens (tertiary/aromatic N) is 2. The molecule has 0 aromatic heterocycles. The van der Waals surface area contributed by atoms with E-state index in [1.54, 1.807) is 4.90 Å². The number of carbonyl (C=O) groups excluding carboxylic acids is 2. The summed E-state index contributed by atoms with van der Waals surface area (Å²) in [7, 11) is 0. The smallest absolute Gasteiger partial charge is 0.228 e. The van der Waals surface area contributed by atoms with Crippen molar-refractivity contribution in [2.45, 2.75) is 19.4 Å². The number of hydrogen-bond acceptors (Lipinski definition) is 4. The Balaban J connectivity index is 0.00000256. The largest absolute Gasteiger partial charge is 0.494 e. The van der Waals surface area contributed by atoms with E-state index in [2.05, 4.69) is 5.32 Å². The molecule has 6 nitrogen and oxygen atoms in total. The van der Waals surface area contributed by atoms with Gasteiger partial charge in [0, 0.05) is 38.3 Å². The van der Waals surface area contributed by atoms with E-state index in [4.69, 9.17) is 4.74 Å². The molecule has 0 radical (unpaired) electrons. The summed E-state index contributed by atoms with van der Waals surface area (Å²) < 4.78 is 5.56. The van der Waals surface area contributed by atoms with Crippen LogP contribution in [0.15, 0.2) is 54.6 Å². The number of nitrogens with one attached hydrogen (secondary N) is 1. The molecular formula is C23H28ClN3O3. The molecule has 7 heteroatoms. The molecule has 2 saturated heterocycles. The van der Waals surface area contributed by atoms with Gasteiger partial charge in [-0.05, 0) is 36.8 Å². The Morgan fingerprint density at radius 2 is 1.73 bits per heavy atom. The average molecular weight is 430 g/mol. The van der Waals surface area contributed by atoms with Crippen molar-refractivity contribution in [1.82, 2.24) is 10.2 Å². The second-order valence-corrected chi connectivity index (χ2v) is 7.43. The summed E-state index contributed by atoms with van der Waals surface area (Å²) in [5.74, 6) is 0.455. The number of anilines is 1. The van der Waals surface area contributed by atoms with Gasteiger partial charge in [-0.25, -0.2) is 0 Å². The Kier molecular flexibility index (Phi) is 7.34. The summed E-state index contributed by atoms with van der Waals surface area (Å²) in [4.78, 5) is 30.1. The quantitative estimate of drug-likeness (QED) is 0.793. The number of rotatable bonds is 5. The molecule has 2 fully saturated rings. The summed E-state index contributed by atoms with van der Waals surface area (Å²) in [6, 6.07) is 17.1. The number of ether oxygens (including phenoxy) is 1. The number of para-hydroxylation sites is 1. The minimum atomic E-state index is -0.390. The van der Waals surface area contributed by atoms with E-state index in [1.165, 1.54) is 0 Å². The molecule has 0 spiro atoms. The Hall–Kier alpha value is -2.57. The lowest BCUT2D eigenvalue weighted by molar-refractivity contribution is -0.137. The fourth-order valence-electron chi connectivity index (χ4n) is 4.28. The molecule has 0 saturated carbocycles. The van der Waals surface area contributed by atoms with Crippen LogP contribution in [-0.2, 0) is 9.59 Å². The molecule has 0 aliphatic carbocycles. The predicted molar refractivity (Wildman–Crippen MR) is 119 cm³/mol. The van der Waals surface area contributed by atoms with Gasteiger partial charge in [0.25, 0.3) is 0 Å². The first-order chi connectivity index (χ1) is 14.2. The van der Waals surface area contributed by atoms with Crippen molar-refractivity contribution >= 4 is 29.9 Å². The number of piperazine rings is 1. The highest BCUT2D eigenvalue weighted by Gasteiger charge is 2.46. The molecular weight excluding hydrogens is 402 g/mol. The van der Waals surface area contributed by atoms with E-state index in [-0.39, 0.29) is 36.7 Å². The highest BCUT2D eigenvalue weighted by atomic mass is 35.5. The molecule has 160 valence electrons. The molecule has 0 unspecified atom stereocenters. The third-order valence-electron chi connectivity index (χ3n) is 5.64. The van der Waals surface area contributed by atoms with Crippen molar-refractivity contribution in [1.29, 1.82) is 0 Å². The minimum Gasteiger partial charge on any atom is -0.494 e. The van der Waals surface area contributed by atoms with Gasteiger partial charge in [-0.3, -0.25) is 9.59 Å². The fraction of sp³-hybridized carbons (Fsp3) is 0.391. The number of amides is 2. The summed E-state index contributed by atoms with van der Waals surface area (Å²) in [5, 5.41) is 3.28. The van der Waals surface area contributed by atoms with Crippen molar-refractivity contribution in [2.75, 3.05) is 37.7 Å². The van der Waals surface area contributed by atoms with Crippen LogP contribution in [0.3, 0.4) is 0 Å². The van der Waals surface area contributed by atoms with Gasteiger partial charge in [-0.2, -0.15) is 0 Å². The van der Waals surface area contributed by atoms with E-state index >= 15 is 0 Å². The summed E-state index contributed by atoms with van der Waals surface area (Å²) in [6.07, 6.45) is 0.232. The highest BCUT2D eigenvalue weighted by molar-refractivity contribution is 6.01. The van der Waals surface area contributed by atoms with Gasteiger partial charge in [0.05, 0.1) is 18.6 Å². The summed E-state index contributed by atoms with van der Waals surface area (Å²) in [5.41, 5.74) is 1.78. The maximum atomic E-state index is 13.4. The van der Waals surface area contributed by atoms with Gasteiger partial charge < -0.3 is 19.9 Å². The molecule has 1 N–H and O–H groups in total. The fourth-order valence-corrected chi connectivity index (χ4v) is 4.28. The molecule has 2 heterocycles. The molecule has 2 aromatic rings. The summed E-state index contributed by atoms with van der Waals surface area (Å²) >= 11 is 0. The van der Waals surface area contributed by atoms with Gasteiger partial charge in [-0.1, -0.05) is 30.3 Å². The van der Waals surface area contributed by atoms with Crippen molar-refractivity contribution in [3.05, 3.63) is 60.2 Å². The van der Waals surface area contributed by atoms with Gasteiger partial charge in [0.2, 0.25) is 11.8 Å². The monoisotopic (exact) mass is 429 g/mol. The Morgan fingerprint density at radius 1 is 1.07 bits per heavy atom. The van der Waals surface area contributed by atoms with Crippen LogP contribution in [0.1, 0.15) is 24.9 Å². The first-order valence-corrected chi connectivity index (χ1v) is 10.3. The second kappa shape index (κ2) is 9.96. The maximum absolute atomic E-state index is 13.4. The highest BCUT2D eigenvalue weighted by Crippen LogP contribution is 2.42. The predicted octanol–water partition coefficient (Wildman–Crippen LogP) is 3.03. The van der Waals surface area contributed by atoms with E-state index in [9.17, 15) is 9.59 Å². The SMILES string of the molecule is CCOc1ccc([C@@H]2[C@@H](C(=O)N3CCNCC3)CC(=O)N2c2ccccc2)cc1.Cl. The van der Waals surface area contributed by atoms with Gasteiger partial charge in [-0.15, -0.1) is 12.4 Å². The average Bonchev–Trinajstić information content (AvgIpc) is 3.12. The number of benzene rings is 2. The molecule has 2 amide bonds. The van der Waals surface area contributed by atoms with Gasteiger partial charge >= 0.3 is 0 Å². The zero-order chi connectivity index (χ0) is 20.2. The first-order valence-electron chi connectivity index (χ1n) is 10.3. The molecule has 2 aliphatic rings. The Labute approximate surface area is 183 Å². The van der Waals surface area contributed by atoms with Crippen molar-refractivity contribution < 1.29 is 14.3 Å². The standard InChI is InChI=1S/C23H27N3O3.ClH/c1-2-29-19-10-8-17(9-11-19)22-20(23(28)25-14-12-24-13-15-25)16-21(27)26(22)18-6-4-3-5-7-18;/h3-11,20,22,24H,2,12-16H2,1H3;1H/t20-,22+;/m0./s1.